The largest absolute Gasteiger partial charge is 0.493 e. The summed E-state index contributed by atoms with van der Waals surface area (Å²) in [5.41, 5.74) is 1.13. The maximum absolute atomic E-state index is 13.1. The summed E-state index contributed by atoms with van der Waals surface area (Å²) in [5, 5.41) is 3.03. The van der Waals surface area contributed by atoms with Gasteiger partial charge in [0.2, 0.25) is 5.91 Å². The van der Waals surface area contributed by atoms with E-state index in [0.29, 0.717) is 41.4 Å². The van der Waals surface area contributed by atoms with Crippen molar-refractivity contribution < 1.29 is 18.7 Å². The molecule has 174 valence electrons. The average Bonchev–Trinajstić information content (AvgIpc) is 2.72. The Hall–Kier alpha value is -2.57. The Morgan fingerprint density at radius 3 is 2.47 bits per heavy atom. The summed E-state index contributed by atoms with van der Waals surface area (Å²) >= 11 is 5.99. The number of anilines is 1. The van der Waals surface area contributed by atoms with Crippen molar-refractivity contribution in [2.75, 3.05) is 25.6 Å². The number of rotatable bonds is 11. The first-order chi connectivity index (χ1) is 15.2. The van der Waals surface area contributed by atoms with Crippen molar-refractivity contribution in [3.63, 3.8) is 0 Å². The molecular weight excluding hydrogens is 431 g/mol. The van der Waals surface area contributed by atoms with Gasteiger partial charge in [0.15, 0.2) is 11.5 Å². The van der Waals surface area contributed by atoms with Crippen LogP contribution in [-0.2, 0) is 4.79 Å². The standard InChI is InChI=1S/C25H32ClFN2O3/c1-17(2)29(18(3)4)13-6-14-32-24-16-21(10-11-23(24)31-5)28-25(30)12-8-19-7-9-20(27)15-22(19)26/h7-12,15-18H,6,13-14H2,1-5H3,(H,28,30)/b12-8+. The molecule has 2 aromatic carbocycles. The maximum atomic E-state index is 13.1. The highest BCUT2D eigenvalue weighted by Gasteiger charge is 2.13. The lowest BCUT2D eigenvalue weighted by Crippen LogP contribution is -2.38. The summed E-state index contributed by atoms with van der Waals surface area (Å²) in [6, 6.07) is 10.2. The van der Waals surface area contributed by atoms with E-state index >= 15 is 0 Å². The molecule has 0 radical (unpaired) electrons. The van der Waals surface area contributed by atoms with Crippen LogP contribution < -0.4 is 14.8 Å². The van der Waals surface area contributed by atoms with Gasteiger partial charge in [-0.05, 0) is 70.0 Å². The molecule has 0 aliphatic rings. The Kier molecular flexibility index (Phi) is 10.0. The van der Waals surface area contributed by atoms with E-state index in [1.165, 1.54) is 30.4 Å². The van der Waals surface area contributed by atoms with Crippen LogP contribution in [0.4, 0.5) is 10.1 Å². The van der Waals surface area contributed by atoms with Crippen molar-refractivity contribution >= 4 is 29.3 Å². The van der Waals surface area contributed by atoms with Crippen LogP contribution in [0.1, 0.15) is 39.7 Å². The summed E-state index contributed by atoms with van der Waals surface area (Å²) in [6.45, 7) is 10.2. The van der Waals surface area contributed by atoms with E-state index in [4.69, 9.17) is 21.1 Å². The Balaban J connectivity index is 1.98. The zero-order chi connectivity index (χ0) is 23.7. The van der Waals surface area contributed by atoms with Gasteiger partial charge in [-0.3, -0.25) is 9.69 Å². The van der Waals surface area contributed by atoms with Crippen LogP contribution in [-0.4, -0.2) is 43.2 Å². The zero-order valence-corrected chi connectivity index (χ0v) is 20.1. The molecule has 2 rings (SSSR count). The quantitative estimate of drug-likeness (QED) is 0.327. The highest BCUT2D eigenvalue weighted by Crippen LogP contribution is 2.30. The Morgan fingerprint density at radius 1 is 1.12 bits per heavy atom. The lowest BCUT2D eigenvalue weighted by atomic mass is 10.2. The second-order valence-corrected chi connectivity index (χ2v) is 8.39. The molecule has 0 aliphatic carbocycles. The number of benzene rings is 2. The molecule has 7 heteroatoms. The van der Waals surface area contributed by atoms with E-state index in [9.17, 15) is 9.18 Å². The smallest absolute Gasteiger partial charge is 0.248 e. The molecule has 0 aliphatic heterocycles. The first-order valence-corrected chi connectivity index (χ1v) is 11.1. The molecule has 0 aromatic heterocycles. The van der Waals surface area contributed by atoms with Crippen LogP contribution in [0.2, 0.25) is 5.02 Å². The highest BCUT2D eigenvalue weighted by atomic mass is 35.5. The van der Waals surface area contributed by atoms with Crippen LogP contribution >= 0.6 is 11.6 Å². The van der Waals surface area contributed by atoms with E-state index in [1.54, 1.807) is 25.3 Å². The first-order valence-electron chi connectivity index (χ1n) is 10.7. The summed E-state index contributed by atoms with van der Waals surface area (Å²) in [4.78, 5) is 14.7. The van der Waals surface area contributed by atoms with Gasteiger partial charge < -0.3 is 14.8 Å². The number of ether oxygens (including phenoxy) is 2. The summed E-state index contributed by atoms with van der Waals surface area (Å²) in [6.07, 6.45) is 3.75. The van der Waals surface area contributed by atoms with Crippen molar-refractivity contribution in [1.82, 2.24) is 4.90 Å². The fraction of sp³-hybridized carbons (Fsp3) is 0.400. The summed E-state index contributed by atoms with van der Waals surface area (Å²) in [5.74, 6) is 0.396. The van der Waals surface area contributed by atoms with Crippen molar-refractivity contribution in [3.05, 3.63) is 58.9 Å². The highest BCUT2D eigenvalue weighted by molar-refractivity contribution is 6.32. The van der Waals surface area contributed by atoms with Gasteiger partial charge in [-0.2, -0.15) is 0 Å². The second kappa shape index (κ2) is 12.5. The Bertz CT molecular complexity index is 923. The van der Waals surface area contributed by atoms with Gasteiger partial charge in [0.25, 0.3) is 0 Å². The first kappa shape index (κ1) is 25.7. The van der Waals surface area contributed by atoms with Gasteiger partial charge in [-0.1, -0.05) is 17.7 Å². The topological polar surface area (TPSA) is 50.8 Å². The molecular formula is C25H32ClFN2O3. The summed E-state index contributed by atoms with van der Waals surface area (Å²) in [7, 11) is 1.58. The van der Waals surface area contributed by atoms with Crippen LogP contribution in [0.5, 0.6) is 11.5 Å². The molecule has 0 bridgehead atoms. The van der Waals surface area contributed by atoms with E-state index in [1.807, 2.05) is 0 Å². The van der Waals surface area contributed by atoms with Gasteiger partial charge >= 0.3 is 0 Å². The SMILES string of the molecule is COc1ccc(NC(=O)/C=C/c2ccc(F)cc2Cl)cc1OCCCN(C(C)C)C(C)C. The molecule has 0 saturated carbocycles. The predicted octanol–water partition coefficient (Wildman–Crippen LogP) is 6.03. The molecule has 2 aromatic rings. The predicted molar refractivity (Wildman–Crippen MR) is 129 cm³/mol. The van der Waals surface area contributed by atoms with Crippen molar-refractivity contribution in [1.29, 1.82) is 0 Å². The van der Waals surface area contributed by atoms with Crippen LogP contribution in [0.25, 0.3) is 6.08 Å². The molecule has 32 heavy (non-hydrogen) atoms. The maximum Gasteiger partial charge on any atom is 0.248 e. The molecule has 0 spiro atoms. The number of halogens is 2. The Labute approximate surface area is 195 Å². The number of nitrogens with one attached hydrogen (secondary N) is 1. The number of nitrogens with zero attached hydrogens (tertiary/aromatic N) is 1. The van der Waals surface area contributed by atoms with Gasteiger partial charge in [0, 0.05) is 36.5 Å². The third-order valence-corrected chi connectivity index (χ3v) is 5.28. The van der Waals surface area contributed by atoms with E-state index in [0.717, 1.165) is 13.0 Å². The van der Waals surface area contributed by atoms with Crippen LogP contribution in [0.15, 0.2) is 42.5 Å². The minimum atomic E-state index is -0.427. The van der Waals surface area contributed by atoms with Crippen molar-refractivity contribution in [2.24, 2.45) is 0 Å². The average molecular weight is 463 g/mol. The van der Waals surface area contributed by atoms with Gasteiger partial charge in [0.1, 0.15) is 5.82 Å². The fourth-order valence-corrected chi connectivity index (χ4v) is 3.63. The van der Waals surface area contributed by atoms with E-state index in [-0.39, 0.29) is 10.9 Å². The van der Waals surface area contributed by atoms with Crippen molar-refractivity contribution in [2.45, 2.75) is 46.2 Å². The van der Waals surface area contributed by atoms with Crippen LogP contribution in [0, 0.1) is 5.82 Å². The molecule has 1 amide bonds. The van der Waals surface area contributed by atoms with Gasteiger partial charge in [-0.15, -0.1) is 0 Å². The third-order valence-electron chi connectivity index (χ3n) is 4.95. The molecule has 0 atom stereocenters. The third kappa shape index (κ3) is 7.84. The number of amides is 1. The lowest BCUT2D eigenvalue weighted by Gasteiger charge is -2.30. The van der Waals surface area contributed by atoms with Gasteiger partial charge in [-0.25, -0.2) is 4.39 Å². The minimum Gasteiger partial charge on any atom is -0.493 e. The fourth-order valence-electron chi connectivity index (χ4n) is 3.40. The number of methoxy groups -OCH3 is 1. The molecule has 5 nitrogen and oxygen atoms in total. The molecule has 0 heterocycles. The second-order valence-electron chi connectivity index (χ2n) is 7.98. The lowest BCUT2D eigenvalue weighted by molar-refractivity contribution is -0.111. The number of hydrogen-bond acceptors (Lipinski definition) is 4. The van der Waals surface area contributed by atoms with Crippen molar-refractivity contribution in [3.8, 4) is 11.5 Å². The number of carbonyl (C=O) groups excluding carboxylic acids is 1. The van der Waals surface area contributed by atoms with E-state index in [2.05, 4.69) is 37.9 Å². The zero-order valence-electron chi connectivity index (χ0n) is 19.3. The van der Waals surface area contributed by atoms with E-state index < -0.39 is 5.82 Å². The molecule has 0 unspecified atom stereocenters. The normalized spacial score (nSPS) is 11.6. The minimum absolute atomic E-state index is 0.239. The monoisotopic (exact) mass is 462 g/mol. The molecule has 0 saturated heterocycles. The molecule has 1 N–H and O–H groups in total. The molecule has 0 fully saturated rings. The number of hydrogen-bond donors (Lipinski definition) is 1. The van der Waals surface area contributed by atoms with Gasteiger partial charge in [0.05, 0.1) is 18.7 Å². The van der Waals surface area contributed by atoms with Crippen LogP contribution in [0.3, 0.4) is 0 Å². The number of carbonyl (C=O) groups is 1. The Morgan fingerprint density at radius 2 is 1.84 bits per heavy atom. The summed E-state index contributed by atoms with van der Waals surface area (Å²) < 4.78 is 24.5.